The summed E-state index contributed by atoms with van der Waals surface area (Å²) in [6.45, 7) is 2.23. The molecule has 0 aromatic carbocycles. The van der Waals surface area contributed by atoms with Gasteiger partial charge in [0.2, 0.25) is 17.5 Å². The van der Waals surface area contributed by atoms with Gasteiger partial charge >= 0.3 is 0 Å². The molecule has 0 saturated carbocycles. The predicted molar refractivity (Wildman–Crippen MR) is 74.0 cm³/mol. The number of aryl methyl sites for hydroxylation is 1. The van der Waals surface area contributed by atoms with Crippen LogP contribution >= 0.6 is 0 Å². The first kappa shape index (κ1) is 14.1. The third kappa shape index (κ3) is 3.42. The van der Waals surface area contributed by atoms with Crippen LogP contribution in [-0.2, 0) is 16.4 Å². The van der Waals surface area contributed by atoms with E-state index in [0.29, 0.717) is 30.5 Å². The van der Waals surface area contributed by atoms with E-state index in [1.54, 1.807) is 12.4 Å². The van der Waals surface area contributed by atoms with E-state index >= 15 is 0 Å². The lowest BCUT2D eigenvalue weighted by molar-refractivity contribution is 0.360. The molecule has 0 radical (unpaired) electrons. The third-order valence-electron chi connectivity index (χ3n) is 3.22. The van der Waals surface area contributed by atoms with Crippen molar-refractivity contribution in [2.45, 2.75) is 25.9 Å². The number of nitrogens with one attached hydrogen (secondary N) is 1. The van der Waals surface area contributed by atoms with Gasteiger partial charge in [0.05, 0.1) is 18.1 Å². The monoisotopic (exact) mass is 309 g/mol. The molecule has 3 rings (SSSR count). The minimum atomic E-state index is -2.89. The maximum atomic E-state index is 11.4. The van der Waals surface area contributed by atoms with Gasteiger partial charge in [0.1, 0.15) is 0 Å². The van der Waals surface area contributed by atoms with Gasteiger partial charge in [0.25, 0.3) is 0 Å². The molecule has 3 heterocycles. The van der Waals surface area contributed by atoms with Gasteiger partial charge in [-0.3, -0.25) is 0 Å². The van der Waals surface area contributed by atoms with Gasteiger partial charge < -0.3 is 9.84 Å². The molecule has 1 fully saturated rings. The number of sulfone groups is 1. The van der Waals surface area contributed by atoms with E-state index in [0.717, 1.165) is 5.56 Å². The van der Waals surface area contributed by atoms with Crippen LogP contribution in [-0.4, -0.2) is 46.1 Å². The Morgan fingerprint density at radius 3 is 2.76 bits per heavy atom. The van der Waals surface area contributed by atoms with E-state index in [-0.39, 0.29) is 17.5 Å². The Labute approximate surface area is 121 Å². The fourth-order valence-electron chi connectivity index (χ4n) is 2.11. The third-order valence-corrected chi connectivity index (χ3v) is 4.99. The van der Waals surface area contributed by atoms with Crippen LogP contribution in [0.15, 0.2) is 16.9 Å². The summed E-state index contributed by atoms with van der Waals surface area (Å²) in [7, 11) is -2.89. The molecule has 0 amide bonds. The Bertz CT molecular complexity index is 726. The fraction of sp³-hybridized carbons (Fsp3) is 0.500. The summed E-state index contributed by atoms with van der Waals surface area (Å²) in [6.07, 6.45) is 3.98. The topological polar surface area (TPSA) is 111 Å². The smallest absolute Gasteiger partial charge is 0.241 e. The molecule has 1 aliphatic rings. The summed E-state index contributed by atoms with van der Waals surface area (Å²) in [5.41, 5.74) is 0.951. The molecule has 1 saturated heterocycles. The fourth-order valence-corrected chi connectivity index (χ4v) is 3.82. The zero-order valence-electron chi connectivity index (χ0n) is 11.5. The van der Waals surface area contributed by atoms with Gasteiger partial charge in [-0.2, -0.15) is 4.98 Å². The van der Waals surface area contributed by atoms with Crippen molar-refractivity contribution in [3.8, 4) is 11.6 Å². The number of hydrogen-bond acceptors (Lipinski definition) is 8. The second-order valence-corrected chi connectivity index (χ2v) is 7.31. The van der Waals surface area contributed by atoms with E-state index in [9.17, 15) is 8.42 Å². The van der Waals surface area contributed by atoms with Crippen LogP contribution in [0.3, 0.4) is 0 Å². The van der Waals surface area contributed by atoms with Crippen molar-refractivity contribution in [1.82, 2.24) is 25.4 Å². The maximum absolute atomic E-state index is 11.4. The number of rotatable bonds is 4. The molecule has 8 nitrogen and oxygen atoms in total. The molecule has 1 aliphatic heterocycles. The first-order valence-electron chi connectivity index (χ1n) is 6.57. The standard InChI is InChI=1S/C12H15N5O3S/c1-8-4-14-11(15-5-8)12-16-10(20-17-12)6-13-9-2-3-21(18,19)7-9/h4-5,9,13H,2-3,6-7H2,1H3. The van der Waals surface area contributed by atoms with Crippen molar-refractivity contribution in [2.75, 3.05) is 11.5 Å². The lowest BCUT2D eigenvalue weighted by Gasteiger charge is -2.06. The summed E-state index contributed by atoms with van der Waals surface area (Å²) >= 11 is 0. The molecule has 1 unspecified atom stereocenters. The van der Waals surface area contributed by atoms with Crippen molar-refractivity contribution in [1.29, 1.82) is 0 Å². The zero-order valence-corrected chi connectivity index (χ0v) is 12.3. The maximum Gasteiger partial charge on any atom is 0.241 e. The molecule has 2 aromatic rings. The van der Waals surface area contributed by atoms with Gasteiger partial charge in [0, 0.05) is 18.4 Å². The number of aromatic nitrogens is 4. The van der Waals surface area contributed by atoms with Crippen molar-refractivity contribution in [3.05, 3.63) is 23.8 Å². The van der Waals surface area contributed by atoms with Gasteiger partial charge in [-0.25, -0.2) is 18.4 Å². The highest BCUT2D eigenvalue weighted by Crippen LogP contribution is 2.13. The quantitative estimate of drug-likeness (QED) is 0.847. The molecule has 1 N–H and O–H groups in total. The van der Waals surface area contributed by atoms with E-state index in [2.05, 4.69) is 25.4 Å². The van der Waals surface area contributed by atoms with Crippen LogP contribution in [0.2, 0.25) is 0 Å². The van der Waals surface area contributed by atoms with Crippen LogP contribution in [0, 0.1) is 6.92 Å². The SMILES string of the molecule is Cc1cnc(-c2noc(CNC3CCS(=O)(=O)C3)n2)nc1. The zero-order chi connectivity index (χ0) is 14.9. The second kappa shape index (κ2) is 5.49. The minimum absolute atomic E-state index is 0.0547. The molecule has 112 valence electrons. The summed E-state index contributed by atoms with van der Waals surface area (Å²) in [5.74, 6) is 1.51. The van der Waals surface area contributed by atoms with Crippen molar-refractivity contribution in [3.63, 3.8) is 0 Å². The molecule has 0 bridgehead atoms. The van der Waals surface area contributed by atoms with Crippen LogP contribution in [0.1, 0.15) is 17.9 Å². The minimum Gasteiger partial charge on any atom is -0.337 e. The van der Waals surface area contributed by atoms with Gasteiger partial charge in [-0.1, -0.05) is 5.16 Å². The van der Waals surface area contributed by atoms with Gasteiger partial charge in [-0.15, -0.1) is 0 Å². The second-order valence-electron chi connectivity index (χ2n) is 5.08. The van der Waals surface area contributed by atoms with Crippen molar-refractivity contribution >= 4 is 9.84 Å². The van der Waals surface area contributed by atoms with Crippen molar-refractivity contribution in [2.24, 2.45) is 0 Å². The van der Waals surface area contributed by atoms with E-state index < -0.39 is 9.84 Å². The Hall–Kier alpha value is -1.87. The van der Waals surface area contributed by atoms with Crippen molar-refractivity contribution < 1.29 is 12.9 Å². The highest BCUT2D eigenvalue weighted by atomic mass is 32.2. The van der Waals surface area contributed by atoms with Gasteiger partial charge in [0.15, 0.2) is 9.84 Å². The van der Waals surface area contributed by atoms with Crippen LogP contribution < -0.4 is 5.32 Å². The largest absolute Gasteiger partial charge is 0.337 e. The molecular formula is C12H15N5O3S. The average molecular weight is 309 g/mol. The molecule has 2 aromatic heterocycles. The molecular weight excluding hydrogens is 294 g/mol. The Morgan fingerprint density at radius 1 is 1.33 bits per heavy atom. The predicted octanol–water partition coefficient (Wildman–Crippen LogP) is 0.112. The highest BCUT2D eigenvalue weighted by molar-refractivity contribution is 7.91. The van der Waals surface area contributed by atoms with E-state index in [4.69, 9.17) is 4.52 Å². The summed E-state index contributed by atoms with van der Waals surface area (Å²) in [4.78, 5) is 12.4. The molecule has 1 atom stereocenters. The Balaban J connectivity index is 1.62. The number of nitrogens with zero attached hydrogens (tertiary/aromatic N) is 4. The van der Waals surface area contributed by atoms with E-state index in [1.165, 1.54) is 0 Å². The lowest BCUT2D eigenvalue weighted by Crippen LogP contribution is -2.29. The normalized spacial score (nSPS) is 20.7. The first-order valence-corrected chi connectivity index (χ1v) is 8.39. The summed E-state index contributed by atoms with van der Waals surface area (Å²) in [6, 6.07) is -0.0547. The molecule has 0 aliphatic carbocycles. The summed E-state index contributed by atoms with van der Waals surface area (Å²) < 4.78 is 27.8. The van der Waals surface area contributed by atoms with Crippen LogP contribution in [0.25, 0.3) is 11.6 Å². The van der Waals surface area contributed by atoms with Crippen LogP contribution in [0.4, 0.5) is 0 Å². The highest BCUT2D eigenvalue weighted by Gasteiger charge is 2.27. The van der Waals surface area contributed by atoms with Crippen LogP contribution in [0.5, 0.6) is 0 Å². The average Bonchev–Trinajstić information content (AvgIpc) is 3.04. The Morgan fingerprint density at radius 2 is 2.10 bits per heavy atom. The van der Waals surface area contributed by atoms with E-state index in [1.807, 2.05) is 6.92 Å². The van der Waals surface area contributed by atoms with Gasteiger partial charge in [-0.05, 0) is 18.9 Å². The molecule has 21 heavy (non-hydrogen) atoms. The number of hydrogen-bond donors (Lipinski definition) is 1. The first-order chi connectivity index (χ1) is 10.0. The molecule has 9 heteroatoms. The Kier molecular flexibility index (Phi) is 3.68. The lowest BCUT2D eigenvalue weighted by atomic mass is 10.3. The summed E-state index contributed by atoms with van der Waals surface area (Å²) in [5, 5.41) is 6.93. The molecule has 0 spiro atoms.